The first-order valence-corrected chi connectivity index (χ1v) is 9.62. The van der Waals surface area contributed by atoms with Gasteiger partial charge in [0, 0.05) is 50.9 Å². The van der Waals surface area contributed by atoms with Crippen LogP contribution in [-0.4, -0.2) is 61.7 Å². The minimum atomic E-state index is 0.110. The Labute approximate surface area is 155 Å². The Balaban J connectivity index is 1.54. The number of ether oxygens (including phenoxy) is 1. The van der Waals surface area contributed by atoms with Crippen molar-refractivity contribution in [3.05, 3.63) is 24.3 Å². The first-order chi connectivity index (χ1) is 12.7. The summed E-state index contributed by atoms with van der Waals surface area (Å²) in [5.74, 6) is 1.00. The van der Waals surface area contributed by atoms with Crippen LogP contribution in [0.4, 0.5) is 10.5 Å². The second-order valence-corrected chi connectivity index (χ2v) is 6.93. The van der Waals surface area contributed by atoms with Crippen LogP contribution in [0.5, 0.6) is 5.75 Å². The standard InChI is InChI=1S/C20H28N4O2/c1-2-26-19-6-4-18(5-7-19)22-10-3-11-23(15-14-22)20(25)24-12-8-17(16-21)9-13-24/h4-7,17H,2-3,8-15H2,1H3. The van der Waals surface area contributed by atoms with Crippen LogP contribution in [0.15, 0.2) is 24.3 Å². The van der Waals surface area contributed by atoms with Crippen LogP contribution in [0.25, 0.3) is 0 Å². The lowest BCUT2D eigenvalue weighted by atomic mass is 9.99. The molecule has 0 unspecified atom stereocenters. The van der Waals surface area contributed by atoms with Crippen LogP contribution in [0.1, 0.15) is 26.2 Å². The Kier molecular flexibility index (Phi) is 6.21. The Bertz CT molecular complexity index is 632. The predicted molar refractivity (Wildman–Crippen MR) is 101 cm³/mol. The molecule has 1 aromatic rings. The highest BCUT2D eigenvalue weighted by Gasteiger charge is 2.27. The molecule has 3 rings (SSSR count). The van der Waals surface area contributed by atoms with E-state index >= 15 is 0 Å². The maximum absolute atomic E-state index is 12.8. The van der Waals surface area contributed by atoms with Crippen LogP contribution < -0.4 is 9.64 Å². The van der Waals surface area contributed by atoms with Crippen molar-refractivity contribution in [2.75, 3.05) is 50.8 Å². The van der Waals surface area contributed by atoms with Crippen molar-refractivity contribution < 1.29 is 9.53 Å². The minimum absolute atomic E-state index is 0.110. The van der Waals surface area contributed by atoms with Gasteiger partial charge < -0.3 is 19.4 Å². The van der Waals surface area contributed by atoms with Gasteiger partial charge in [-0.3, -0.25) is 0 Å². The monoisotopic (exact) mass is 356 g/mol. The number of hydrogen-bond donors (Lipinski definition) is 0. The lowest BCUT2D eigenvalue weighted by molar-refractivity contribution is 0.141. The van der Waals surface area contributed by atoms with Gasteiger partial charge in [0.1, 0.15) is 5.75 Å². The van der Waals surface area contributed by atoms with Gasteiger partial charge in [-0.05, 0) is 50.5 Å². The fourth-order valence-corrected chi connectivity index (χ4v) is 3.69. The van der Waals surface area contributed by atoms with Gasteiger partial charge in [0.05, 0.1) is 12.7 Å². The van der Waals surface area contributed by atoms with Crippen molar-refractivity contribution in [2.24, 2.45) is 5.92 Å². The summed E-state index contributed by atoms with van der Waals surface area (Å²) in [7, 11) is 0. The van der Waals surface area contributed by atoms with Gasteiger partial charge in [0.2, 0.25) is 0 Å². The molecular weight excluding hydrogens is 328 g/mol. The Morgan fingerprint density at radius 2 is 1.77 bits per heavy atom. The molecule has 0 bridgehead atoms. The third-order valence-corrected chi connectivity index (χ3v) is 5.23. The van der Waals surface area contributed by atoms with Gasteiger partial charge in [-0.2, -0.15) is 5.26 Å². The van der Waals surface area contributed by atoms with E-state index in [0.717, 1.165) is 51.2 Å². The van der Waals surface area contributed by atoms with Crippen molar-refractivity contribution in [1.29, 1.82) is 5.26 Å². The zero-order valence-electron chi connectivity index (χ0n) is 15.6. The molecule has 0 aromatic heterocycles. The molecule has 0 atom stereocenters. The molecular formula is C20H28N4O2. The largest absolute Gasteiger partial charge is 0.494 e. The first-order valence-electron chi connectivity index (χ1n) is 9.62. The maximum Gasteiger partial charge on any atom is 0.320 e. The molecule has 2 amide bonds. The molecule has 2 fully saturated rings. The number of likely N-dealkylation sites (tertiary alicyclic amines) is 1. The Morgan fingerprint density at radius 3 is 2.42 bits per heavy atom. The van der Waals surface area contributed by atoms with Gasteiger partial charge in [0.25, 0.3) is 0 Å². The fourth-order valence-electron chi connectivity index (χ4n) is 3.69. The molecule has 2 aliphatic heterocycles. The summed E-state index contributed by atoms with van der Waals surface area (Å²) in [6.07, 6.45) is 2.57. The van der Waals surface area contributed by atoms with Gasteiger partial charge >= 0.3 is 6.03 Å². The summed E-state index contributed by atoms with van der Waals surface area (Å²) in [6.45, 7) is 7.40. The summed E-state index contributed by atoms with van der Waals surface area (Å²) in [6, 6.07) is 10.7. The molecule has 0 aliphatic carbocycles. The minimum Gasteiger partial charge on any atom is -0.494 e. The number of nitriles is 1. The van der Waals surface area contributed by atoms with E-state index < -0.39 is 0 Å². The molecule has 0 radical (unpaired) electrons. The Morgan fingerprint density at radius 1 is 1.08 bits per heavy atom. The molecule has 6 heteroatoms. The summed E-state index contributed by atoms with van der Waals surface area (Å²) >= 11 is 0. The second kappa shape index (κ2) is 8.79. The van der Waals surface area contributed by atoms with E-state index in [1.807, 2.05) is 28.9 Å². The van der Waals surface area contributed by atoms with E-state index in [9.17, 15) is 4.79 Å². The summed E-state index contributed by atoms with van der Waals surface area (Å²) < 4.78 is 5.51. The summed E-state index contributed by atoms with van der Waals surface area (Å²) in [4.78, 5) is 19.0. The third kappa shape index (κ3) is 4.40. The number of carbonyl (C=O) groups is 1. The number of rotatable bonds is 3. The summed E-state index contributed by atoms with van der Waals surface area (Å²) in [5.41, 5.74) is 1.18. The van der Waals surface area contributed by atoms with Crippen molar-refractivity contribution in [3.63, 3.8) is 0 Å². The fraction of sp³-hybridized carbons (Fsp3) is 0.600. The molecule has 0 saturated carbocycles. The van der Waals surface area contributed by atoms with Crippen LogP contribution in [-0.2, 0) is 0 Å². The number of urea groups is 1. The summed E-state index contributed by atoms with van der Waals surface area (Å²) in [5, 5.41) is 9.01. The molecule has 1 aromatic carbocycles. The number of nitrogens with zero attached hydrogens (tertiary/aromatic N) is 4. The van der Waals surface area contributed by atoms with Gasteiger partial charge in [-0.15, -0.1) is 0 Å². The molecule has 2 aliphatic rings. The zero-order chi connectivity index (χ0) is 18.4. The van der Waals surface area contributed by atoms with Gasteiger partial charge in [-0.25, -0.2) is 4.79 Å². The van der Waals surface area contributed by atoms with Crippen molar-refractivity contribution in [3.8, 4) is 11.8 Å². The lowest BCUT2D eigenvalue weighted by Crippen LogP contribution is -2.47. The molecule has 2 saturated heterocycles. The van der Waals surface area contributed by atoms with Crippen molar-refractivity contribution in [1.82, 2.24) is 9.80 Å². The Hall–Kier alpha value is -2.42. The average molecular weight is 356 g/mol. The molecule has 26 heavy (non-hydrogen) atoms. The molecule has 2 heterocycles. The molecule has 140 valence electrons. The lowest BCUT2D eigenvalue weighted by Gasteiger charge is -2.33. The predicted octanol–water partition coefficient (Wildman–Crippen LogP) is 2.95. The van der Waals surface area contributed by atoms with Crippen molar-refractivity contribution in [2.45, 2.75) is 26.2 Å². The highest BCUT2D eigenvalue weighted by atomic mass is 16.5. The topological polar surface area (TPSA) is 59.8 Å². The number of hydrogen-bond acceptors (Lipinski definition) is 4. The second-order valence-electron chi connectivity index (χ2n) is 6.93. The quantitative estimate of drug-likeness (QED) is 0.835. The van der Waals surface area contributed by atoms with Gasteiger partial charge in [-0.1, -0.05) is 0 Å². The van der Waals surface area contributed by atoms with E-state index in [2.05, 4.69) is 23.1 Å². The van der Waals surface area contributed by atoms with Crippen LogP contribution in [0, 0.1) is 17.2 Å². The van der Waals surface area contributed by atoms with E-state index in [-0.39, 0.29) is 11.9 Å². The number of benzene rings is 1. The van der Waals surface area contributed by atoms with Crippen molar-refractivity contribution >= 4 is 11.7 Å². The number of carbonyl (C=O) groups excluding carboxylic acids is 1. The zero-order valence-corrected chi connectivity index (χ0v) is 15.6. The van der Waals surface area contributed by atoms with E-state index in [4.69, 9.17) is 10.00 Å². The average Bonchev–Trinajstić information content (AvgIpc) is 2.95. The third-order valence-electron chi connectivity index (χ3n) is 5.23. The van der Waals surface area contributed by atoms with Crippen LogP contribution in [0.2, 0.25) is 0 Å². The SMILES string of the molecule is CCOc1ccc(N2CCCN(C(=O)N3CCC(C#N)CC3)CC2)cc1. The molecule has 0 N–H and O–H groups in total. The van der Waals surface area contributed by atoms with Gasteiger partial charge in [0.15, 0.2) is 0 Å². The molecule has 0 spiro atoms. The van der Waals surface area contributed by atoms with Crippen LogP contribution >= 0.6 is 0 Å². The number of amides is 2. The molecule has 6 nitrogen and oxygen atoms in total. The highest BCUT2D eigenvalue weighted by Crippen LogP contribution is 2.22. The maximum atomic E-state index is 12.8. The van der Waals surface area contributed by atoms with Crippen LogP contribution in [0.3, 0.4) is 0 Å². The smallest absolute Gasteiger partial charge is 0.320 e. The normalized spacial score (nSPS) is 19.0. The number of anilines is 1. The van der Waals surface area contributed by atoms with E-state index in [1.165, 1.54) is 5.69 Å². The number of piperidine rings is 1. The highest BCUT2D eigenvalue weighted by molar-refractivity contribution is 5.74. The first kappa shape index (κ1) is 18.4. The van der Waals surface area contributed by atoms with E-state index in [1.54, 1.807) is 0 Å². The van der Waals surface area contributed by atoms with E-state index in [0.29, 0.717) is 19.7 Å².